The van der Waals surface area contributed by atoms with Crippen LogP contribution in [0.5, 0.6) is 0 Å². The first-order valence-corrected chi connectivity index (χ1v) is 11.4. The standard InChI is InChI=1S/C24H35N3O5/c1-17(2)15-21(28)26-12-9-24(10-13-26)27(23(30)19-7-5-18(3)6-8-19)20(16-32-24)22(29)25-11-14-31-4/h5-8,17,20H,9-16H2,1-4H3,(H,25,29). The Hall–Kier alpha value is -2.45. The number of likely N-dealkylation sites (tertiary alicyclic amines) is 1. The van der Waals surface area contributed by atoms with Crippen molar-refractivity contribution in [1.82, 2.24) is 15.1 Å². The summed E-state index contributed by atoms with van der Waals surface area (Å²) >= 11 is 0. The van der Waals surface area contributed by atoms with Gasteiger partial charge in [0.05, 0.1) is 13.2 Å². The number of carbonyl (C=O) groups is 3. The van der Waals surface area contributed by atoms with Crippen LogP contribution in [0.2, 0.25) is 0 Å². The maximum Gasteiger partial charge on any atom is 0.256 e. The molecule has 1 spiro atoms. The maximum atomic E-state index is 13.6. The van der Waals surface area contributed by atoms with Gasteiger partial charge >= 0.3 is 0 Å². The minimum Gasteiger partial charge on any atom is -0.383 e. The molecule has 1 aromatic rings. The second-order valence-electron chi connectivity index (χ2n) is 9.08. The second-order valence-corrected chi connectivity index (χ2v) is 9.08. The van der Waals surface area contributed by atoms with Gasteiger partial charge < -0.3 is 19.7 Å². The minimum absolute atomic E-state index is 0.123. The predicted molar refractivity (Wildman–Crippen MR) is 120 cm³/mol. The summed E-state index contributed by atoms with van der Waals surface area (Å²) in [5, 5.41) is 2.84. The van der Waals surface area contributed by atoms with Crippen molar-refractivity contribution in [1.29, 1.82) is 0 Å². The molecule has 32 heavy (non-hydrogen) atoms. The normalized spacial score (nSPS) is 20.1. The summed E-state index contributed by atoms with van der Waals surface area (Å²) in [6.45, 7) is 7.91. The monoisotopic (exact) mass is 445 g/mol. The van der Waals surface area contributed by atoms with Crippen LogP contribution in [0.1, 0.15) is 49.0 Å². The fraction of sp³-hybridized carbons (Fsp3) is 0.625. The number of carbonyl (C=O) groups excluding carboxylic acids is 3. The van der Waals surface area contributed by atoms with E-state index in [1.807, 2.05) is 37.8 Å². The van der Waals surface area contributed by atoms with Gasteiger partial charge in [-0.3, -0.25) is 19.3 Å². The smallest absolute Gasteiger partial charge is 0.256 e. The van der Waals surface area contributed by atoms with Gasteiger partial charge in [-0.2, -0.15) is 0 Å². The van der Waals surface area contributed by atoms with Crippen molar-refractivity contribution in [2.24, 2.45) is 5.92 Å². The third kappa shape index (κ3) is 5.30. The highest BCUT2D eigenvalue weighted by Gasteiger charge is 2.54. The summed E-state index contributed by atoms with van der Waals surface area (Å²) in [4.78, 5) is 42.5. The number of hydrogen-bond donors (Lipinski definition) is 1. The summed E-state index contributed by atoms with van der Waals surface area (Å²) in [5.74, 6) is -0.0620. The van der Waals surface area contributed by atoms with E-state index in [0.29, 0.717) is 57.0 Å². The number of rotatable bonds is 7. The zero-order chi connectivity index (χ0) is 23.3. The summed E-state index contributed by atoms with van der Waals surface area (Å²) in [7, 11) is 1.57. The van der Waals surface area contributed by atoms with E-state index >= 15 is 0 Å². The number of hydrogen-bond acceptors (Lipinski definition) is 5. The van der Waals surface area contributed by atoms with Crippen molar-refractivity contribution in [3.63, 3.8) is 0 Å². The third-order valence-corrected chi connectivity index (χ3v) is 6.17. The van der Waals surface area contributed by atoms with Crippen molar-refractivity contribution in [2.45, 2.75) is 51.8 Å². The number of amides is 3. The zero-order valence-electron chi connectivity index (χ0n) is 19.6. The molecule has 2 fully saturated rings. The summed E-state index contributed by atoms with van der Waals surface area (Å²) in [6, 6.07) is 6.61. The third-order valence-electron chi connectivity index (χ3n) is 6.17. The van der Waals surface area contributed by atoms with Crippen molar-refractivity contribution in [2.75, 3.05) is 40.0 Å². The Balaban J connectivity index is 1.81. The lowest BCUT2D eigenvalue weighted by molar-refractivity contribution is -0.144. The van der Waals surface area contributed by atoms with E-state index in [-0.39, 0.29) is 24.3 Å². The van der Waals surface area contributed by atoms with Crippen LogP contribution in [0.15, 0.2) is 24.3 Å². The largest absolute Gasteiger partial charge is 0.383 e. The molecule has 2 heterocycles. The van der Waals surface area contributed by atoms with Crippen molar-refractivity contribution >= 4 is 17.7 Å². The molecule has 3 amide bonds. The van der Waals surface area contributed by atoms with E-state index in [1.54, 1.807) is 24.1 Å². The first-order valence-electron chi connectivity index (χ1n) is 11.4. The molecular formula is C24H35N3O5. The van der Waals surface area contributed by atoms with E-state index in [0.717, 1.165) is 5.56 Å². The molecule has 8 nitrogen and oxygen atoms in total. The predicted octanol–water partition coefficient (Wildman–Crippen LogP) is 1.96. The van der Waals surface area contributed by atoms with Gasteiger partial charge in [0.25, 0.3) is 5.91 Å². The topological polar surface area (TPSA) is 88.2 Å². The van der Waals surface area contributed by atoms with E-state index in [4.69, 9.17) is 9.47 Å². The van der Waals surface area contributed by atoms with Gasteiger partial charge in [0, 0.05) is 51.6 Å². The SMILES string of the molecule is COCCNC(=O)C1COC2(CCN(C(=O)CC(C)C)CC2)N1C(=O)c1ccc(C)cc1. The number of methoxy groups -OCH3 is 1. The second kappa shape index (κ2) is 10.4. The molecule has 0 aliphatic carbocycles. The number of aryl methyl sites for hydroxylation is 1. The molecular weight excluding hydrogens is 410 g/mol. The van der Waals surface area contributed by atoms with Gasteiger partial charge in [-0.05, 0) is 25.0 Å². The molecule has 2 aliphatic heterocycles. The summed E-state index contributed by atoms with van der Waals surface area (Å²) in [6.07, 6.45) is 1.47. The zero-order valence-corrected chi connectivity index (χ0v) is 19.6. The van der Waals surface area contributed by atoms with Gasteiger partial charge in [0.2, 0.25) is 11.8 Å². The lowest BCUT2D eigenvalue weighted by atomic mass is 9.95. The molecule has 2 aliphatic rings. The molecule has 1 aromatic carbocycles. The minimum atomic E-state index is -0.889. The van der Waals surface area contributed by atoms with Gasteiger partial charge in [-0.15, -0.1) is 0 Å². The fourth-order valence-electron chi connectivity index (χ4n) is 4.38. The highest BCUT2D eigenvalue weighted by molar-refractivity contribution is 5.98. The first kappa shape index (κ1) is 24.2. The Morgan fingerprint density at radius 2 is 1.84 bits per heavy atom. The van der Waals surface area contributed by atoms with Crippen molar-refractivity contribution in [3.05, 3.63) is 35.4 Å². The van der Waals surface area contributed by atoms with Crippen LogP contribution >= 0.6 is 0 Å². The number of ether oxygens (including phenoxy) is 2. The lowest BCUT2D eigenvalue weighted by Gasteiger charge is -2.44. The quantitative estimate of drug-likeness (QED) is 0.649. The molecule has 8 heteroatoms. The van der Waals surface area contributed by atoms with Crippen LogP contribution in [0.4, 0.5) is 0 Å². The van der Waals surface area contributed by atoms with E-state index in [1.165, 1.54) is 0 Å². The van der Waals surface area contributed by atoms with Gasteiger partial charge in [-0.1, -0.05) is 31.5 Å². The van der Waals surface area contributed by atoms with E-state index < -0.39 is 11.8 Å². The number of nitrogens with one attached hydrogen (secondary N) is 1. The van der Waals surface area contributed by atoms with Gasteiger partial charge in [0.1, 0.15) is 11.8 Å². The highest BCUT2D eigenvalue weighted by atomic mass is 16.5. The first-order chi connectivity index (χ1) is 15.3. The molecule has 1 atom stereocenters. The number of benzene rings is 1. The molecule has 0 saturated carbocycles. The average Bonchev–Trinajstić information content (AvgIpc) is 3.12. The van der Waals surface area contributed by atoms with Crippen LogP contribution < -0.4 is 5.32 Å². The highest BCUT2D eigenvalue weighted by Crippen LogP contribution is 2.38. The molecule has 3 rings (SSSR count). The Labute approximate surface area is 190 Å². The maximum absolute atomic E-state index is 13.6. The Kier molecular flexibility index (Phi) is 7.90. The van der Waals surface area contributed by atoms with Crippen LogP contribution in [0, 0.1) is 12.8 Å². The Morgan fingerprint density at radius 1 is 1.19 bits per heavy atom. The molecule has 2 saturated heterocycles. The molecule has 1 N–H and O–H groups in total. The van der Waals surface area contributed by atoms with Crippen molar-refractivity contribution in [3.8, 4) is 0 Å². The molecule has 0 bridgehead atoms. The van der Waals surface area contributed by atoms with E-state index in [9.17, 15) is 14.4 Å². The number of nitrogens with zero attached hydrogens (tertiary/aromatic N) is 2. The average molecular weight is 446 g/mol. The van der Waals surface area contributed by atoms with Crippen LogP contribution in [-0.2, 0) is 19.1 Å². The number of piperidine rings is 1. The summed E-state index contributed by atoms with van der Waals surface area (Å²) < 4.78 is 11.2. The fourth-order valence-corrected chi connectivity index (χ4v) is 4.38. The summed E-state index contributed by atoms with van der Waals surface area (Å²) in [5.41, 5.74) is 0.688. The van der Waals surface area contributed by atoms with Gasteiger partial charge in [-0.25, -0.2) is 0 Å². The van der Waals surface area contributed by atoms with E-state index in [2.05, 4.69) is 5.32 Å². The molecule has 0 radical (unpaired) electrons. The molecule has 1 unspecified atom stereocenters. The Morgan fingerprint density at radius 3 is 2.44 bits per heavy atom. The Bertz CT molecular complexity index is 815. The van der Waals surface area contributed by atoms with Crippen molar-refractivity contribution < 1.29 is 23.9 Å². The lowest BCUT2D eigenvalue weighted by Crippen LogP contribution is -2.60. The van der Waals surface area contributed by atoms with Gasteiger partial charge in [0.15, 0.2) is 0 Å². The molecule has 0 aromatic heterocycles. The van der Waals surface area contributed by atoms with Crippen LogP contribution in [0.25, 0.3) is 0 Å². The van der Waals surface area contributed by atoms with Crippen LogP contribution in [0.3, 0.4) is 0 Å². The molecule has 176 valence electrons. The van der Waals surface area contributed by atoms with Crippen LogP contribution in [-0.4, -0.2) is 79.2 Å².